The van der Waals surface area contributed by atoms with E-state index >= 15 is 0 Å². The Hall–Kier alpha value is -3.06. The van der Waals surface area contributed by atoms with Crippen LogP contribution in [0.5, 0.6) is 11.5 Å². The van der Waals surface area contributed by atoms with Crippen LogP contribution in [0.2, 0.25) is 0 Å². The summed E-state index contributed by atoms with van der Waals surface area (Å²) in [5.74, 6) is 0.963. The summed E-state index contributed by atoms with van der Waals surface area (Å²) in [6, 6.07) is 15.5. The van der Waals surface area contributed by atoms with Gasteiger partial charge >= 0.3 is 6.03 Å². The molecule has 1 aliphatic rings. The van der Waals surface area contributed by atoms with Crippen molar-refractivity contribution in [2.24, 2.45) is 0 Å². The molecule has 0 unspecified atom stereocenters. The van der Waals surface area contributed by atoms with Crippen molar-refractivity contribution >= 4 is 11.9 Å². The van der Waals surface area contributed by atoms with Crippen molar-refractivity contribution in [2.45, 2.75) is 19.1 Å². The zero-order chi connectivity index (χ0) is 19.1. The third-order valence-electron chi connectivity index (χ3n) is 4.09. The van der Waals surface area contributed by atoms with Crippen LogP contribution in [0.25, 0.3) is 0 Å². The second-order valence-electron chi connectivity index (χ2n) is 6.10. The van der Waals surface area contributed by atoms with Gasteiger partial charge < -0.3 is 14.8 Å². The largest absolute Gasteiger partial charge is 0.486 e. The number of benzene rings is 2. The molecule has 2 aromatic carbocycles. The first kappa shape index (κ1) is 18.7. The molecule has 142 valence electrons. The van der Waals surface area contributed by atoms with E-state index in [9.17, 15) is 9.59 Å². The number of rotatable bonds is 6. The van der Waals surface area contributed by atoms with Gasteiger partial charge in [-0.3, -0.25) is 15.4 Å². The van der Waals surface area contributed by atoms with Crippen molar-refractivity contribution in [1.29, 1.82) is 0 Å². The predicted octanol–water partition coefficient (Wildman–Crippen LogP) is 2.00. The van der Waals surface area contributed by atoms with Gasteiger partial charge in [0.2, 0.25) is 5.91 Å². The highest BCUT2D eigenvalue weighted by Gasteiger charge is 2.26. The van der Waals surface area contributed by atoms with Crippen molar-refractivity contribution in [3.63, 3.8) is 0 Å². The maximum absolute atomic E-state index is 12.6. The molecule has 2 aromatic rings. The molecule has 3 rings (SSSR count). The van der Waals surface area contributed by atoms with Gasteiger partial charge in [-0.05, 0) is 24.6 Å². The zero-order valence-corrected chi connectivity index (χ0v) is 15.1. The standard InChI is InChI=1S/C20H23N3O4/c1-2-21-20(25)23-19(24)18(14-8-4-3-5-9-14)22-12-15-13-26-16-10-6-7-11-17(16)27-15/h3-11,15,18,22H,2,12-13H2,1H3,(H2,21,23,24,25)/t15-,18+/m0/s1. The number of carbonyl (C=O) groups is 2. The predicted molar refractivity (Wildman–Crippen MR) is 101 cm³/mol. The molecule has 27 heavy (non-hydrogen) atoms. The van der Waals surface area contributed by atoms with Crippen LogP contribution in [0.4, 0.5) is 4.79 Å². The minimum absolute atomic E-state index is 0.247. The van der Waals surface area contributed by atoms with Gasteiger partial charge in [-0.15, -0.1) is 0 Å². The first-order valence-corrected chi connectivity index (χ1v) is 8.93. The fraction of sp³-hybridized carbons (Fsp3) is 0.300. The summed E-state index contributed by atoms with van der Waals surface area (Å²) >= 11 is 0. The van der Waals surface area contributed by atoms with E-state index in [4.69, 9.17) is 9.47 Å². The average Bonchev–Trinajstić information content (AvgIpc) is 2.69. The number of urea groups is 1. The van der Waals surface area contributed by atoms with Crippen LogP contribution >= 0.6 is 0 Å². The molecular weight excluding hydrogens is 346 g/mol. The van der Waals surface area contributed by atoms with Crippen molar-refractivity contribution in [1.82, 2.24) is 16.0 Å². The van der Waals surface area contributed by atoms with E-state index in [-0.39, 0.29) is 6.10 Å². The number of hydrogen-bond acceptors (Lipinski definition) is 5. The molecule has 3 N–H and O–H groups in total. The van der Waals surface area contributed by atoms with E-state index in [1.807, 2.05) is 54.6 Å². The Balaban J connectivity index is 1.65. The Morgan fingerprint density at radius 2 is 1.78 bits per heavy atom. The molecule has 7 heteroatoms. The number of para-hydroxylation sites is 2. The third-order valence-corrected chi connectivity index (χ3v) is 4.09. The normalized spacial score (nSPS) is 16.3. The van der Waals surface area contributed by atoms with Crippen LogP contribution in [-0.2, 0) is 4.79 Å². The van der Waals surface area contributed by atoms with E-state index in [1.54, 1.807) is 6.92 Å². The van der Waals surface area contributed by atoms with Gasteiger partial charge in [-0.25, -0.2) is 4.79 Å². The van der Waals surface area contributed by atoms with Gasteiger partial charge in [0.15, 0.2) is 11.5 Å². The molecule has 3 amide bonds. The Morgan fingerprint density at radius 1 is 1.07 bits per heavy atom. The monoisotopic (exact) mass is 369 g/mol. The summed E-state index contributed by atoms with van der Waals surface area (Å²) in [7, 11) is 0. The summed E-state index contributed by atoms with van der Waals surface area (Å²) in [6.45, 7) is 2.99. The molecular formula is C20H23N3O4. The van der Waals surface area contributed by atoms with Crippen LogP contribution in [0.3, 0.4) is 0 Å². The minimum atomic E-state index is -0.686. The van der Waals surface area contributed by atoms with Crippen LogP contribution in [-0.4, -0.2) is 37.7 Å². The third kappa shape index (κ3) is 4.98. The lowest BCUT2D eigenvalue weighted by atomic mass is 10.1. The molecule has 2 atom stereocenters. The van der Waals surface area contributed by atoms with Crippen LogP contribution in [0.15, 0.2) is 54.6 Å². The van der Waals surface area contributed by atoms with Crippen molar-refractivity contribution in [3.8, 4) is 11.5 Å². The van der Waals surface area contributed by atoms with Gasteiger partial charge in [0, 0.05) is 13.1 Å². The van der Waals surface area contributed by atoms with Gasteiger partial charge in [0.05, 0.1) is 0 Å². The summed E-state index contributed by atoms with van der Waals surface area (Å²) in [5.41, 5.74) is 0.761. The molecule has 7 nitrogen and oxygen atoms in total. The van der Waals surface area contributed by atoms with E-state index in [2.05, 4.69) is 16.0 Å². The lowest BCUT2D eigenvalue weighted by Crippen LogP contribution is -2.47. The molecule has 1 aliphatic heterocycles. The van der Waals surface area contributed by atoms with Gasteiger partial charge in [-0.1, -0.05) is 42.5 Å². The minimum Gasteiger partial charge on any atom is -0.486 e. The lowest BCUT2D eigenvalue weighted by molar-refractivity contribution is -0.122. The topological polar surface area (TPSA) is 88.7 Å². The summed E-state index contributed by atoms with van der Waals surface area (Å²) in [6.07, 6.45) is -0.247. The van der Waals surface area contributed by atoms with Crippen molar-refractivity contribution < 1.29 is 19.1 Å². The highest BCUT2D eigenvalue weighted by molar-refractivity contribution is 5.97. The Bertz CT molecular complexity index is 782. The SMILES string of the molecule is CCNC(=O)NC(=O)[C@H](NC[C@H]1COc2ccccc2O1)c1ccccc1. The highest BCUT2D eigenvalue weighted by atomic mass is 16.6. The second-order valence-corrected chi connectivity index (χ2v) is 6.10. The molecule has 0 fully saturated rings. The lowest BCUT2D eigenvalue weighted by Gasteiger charge is -2.28. The maximum atomic E-state index is 12.6. The van der Waals surface area contributed by atoms with Crippen LogP contribution in [0.1, 0.15) is 18.5 Å². The summed E-state index contributed by atoms with van der Waals surface area (Å²) < 4.78 is 11.6. The first-order chi connectivity index (χ1) is 13.2. The molecule has 0 saturated carbocycles. The Kier molecular flexibility index (Phi) is 6.27. The highest BCUT2D eigenvalue weighted by Crippen LogP contribution is 2.30. The van der Waals surface area contributed by atoms with Gasteiger partial charge in [0.1, 0.15) is 18.8 Å². The maximum Gasteiger partial charge on any atom is 0.321 e. The Labute approximate surface area is 158 Å². The van der Waals surface area contributed by atoms with Crippen molar-refractivity contribution in [3.05, 3.63) is 60.2 Å². The Morgan fingerprint density at radius 3 is 2.52 bits per heavy atom. The number of nitrogens with one attached hydrogen (secondary N) is 3. The van der Waals surface area contributed by atoms with E-state index in [1.165, 1.54) is 0 Å². The van der Waals surface area contributed by atoms with Crippen molar-refractivity contribution in [2.75, 3.05) is 19.7 Å². The van der Waals surface area contributed by atoms with Gasteiger partial charge in [-0.2, -0.15) is 0 Å². The number of fused-ring (bicyclic) bond motifs is 1. The quantitative estimate of drug-likeness (QED) is 0.725. The molecule has 0 aliphatic carbocycles. The number of imide groups is 1. The second kappa shape index (κ2) is 9.05. The van der Waals surface area contributed by atoms with E-state index in [0.29, 0.717) is 31.2 Å². The fourth-order valence-corrected chi connectivity index (χ4v) is 2.81. The van der Waals surface area contributed by atoms with E-state index < -0.39 is 18.0 Å². The number of hydrogen-bond donors (Lipinski definition) is 3. The molecule has 0 radical (unpaired) electrons. The number of carbonyl (C=O) groups excluding carboxylic acids is 2. The molecule has 0 bridgehead atoms. The molecule has 0 saturated heterocycles. The summed E-state index contributed by atoms with van der Waals surface area (Å²) in [4.78, 5) is 24.3. The van der Waals surface area contributed by atoms with E-state index in [0.717, 1.165) is 5.56 Å². The molecule has 0 aromatic heterocycles. The smallest absolute Gasteiger partial charge is 0.321 e. The number of amides is 3. The van der Waals surface area contributed by atoms with Crippen LogP contribution < -0.4 is 25.4 Å². The van der Waals surface area contributed by atoms with Crippen LogP contribution in [0, 0.1) is 0 Å². The average molecular weight is 369 g/mol. The van der Waals surface area contributed by atoms with Gasteiger partial charge in [0.25, 0.3) is 0 Å². The number of ether oxygens (including phenoxy) is 2. The molecule has 0 spiro atoms. The zero-order valence-electron chi connectivity index (χ0n) is 15.1. The first-order valence-electron chi connectivity index (χ1n) is 8.93. The fourth-order valence-electron chi connectivity index (χ4n) is 2.81. The summed E-state index contributed by atoms with van der Waals surface area (Å²) in [5, 5.41) is 8.10. The molecule has 1 heterocycles.